The molecule has 2 N–H and O–H groups in total. The fourth-order valence-corrected chi connectivity index (χ4v) is 3.28. The zero-order chi connectivity index (χ0) is 14.1. The molecule has 0 saturated heterocycles. The van der Waals surface area contributed by atoms with Gasteiger partial charge in [0.05, 0.1) is 6.26 Å². The second-order valence-electron chi connectivity index (χ2n) is 5.52. The van der Waals surface area contributed by atoms with E-state index in [4.69, 9.17) is 12.2 Å². The predicted octanol–water partition coefficient (Wildman–Crippen LogP) is 2.00. The molecule has 0 unspecified atom stereocenters. The Bertz CT molecular complexity index is 567. The molecule has 0 aliphatic rings. The minimum Gasteiger partial charge on any atom is -0.337 e. The first-order valence-corrected chi connectivity index (χ1v) is 8.09. The minimum atomic E-state index is -3.24. The number of aromatic amines is 1. The lowest BCUT2D eigenvalue weighted by molar-refractivity contribution is 0.381. The number of hydrogen-bond donors (Lipinski definition) is 2. The van der Waals surface area contributed by atoms with Gasteiger partial charge in [0.1, 0.15) is 0 Å². The Morgan fingerprint density at radius 1 is 1.50 bits per heavy atom. The summed E-state index contributed by atoms with van der Waals surface area (Å²) < 4.78 is 27.8. The molecule has 104 valence electrons. The first-order valence-electron chi connectivity index (χ1n) is 5.79. The van der Waals surface area contributed by atoms with Gasteiger partial charge in [0.25, 0.3) is 0 Å². The van der Waals surface area contributed by atoms with Gasteiger partial charge in [-0.25, -0.2) is 13.1 Å². The standard InChI is InChI=1S/C11H21N3O2S2/c1-8(2)9-6-12-10(17)14(9)7-11(3,4)13-18(5,15)16/h6,8,13H,7H2,1-5H3,(H,12,17). The first kappa shape index (κ1) is 15.4. The molecule has 18 heavy (non-hydrogen) atoms. The zero-order valence-electron chi connectivity index (χ0n) is 11.4. The summed E-state index contributed by atoms with van der Waals surface area (Å²) in [6, 6.07) is 0. The maximum atomic E-state index is 11.3. The Kier molecular flexibility index (Phi) is 4.40. The van der Waals surface area contributed by atoms with Crippen LogP contribution in [0.3, 0.4) is 0 Å². The first-order chi connectivity index (χ1) is 8.02. The molecular formula is C11H21N3O2S2. The lowest BCUT2D eigenvalue weighted by atomic mass is 10.1. The molecule has 1 aromatic rings. The normalized spacial score (nSPS) is 13.2. The van der Waals surface area contributed by atoms with Crippen LogP contribution in [-0.2, 0) is 16.6 Å². The summed E-state index contributed by atoms with van der Waals surface area (Å²) in [4.78, 5) is 3.00. The van der Waals surface area contributed by atoms with Gasteiger partial charge in [-0.2, -0.15) is 0 Å². The molecule has 0 atom stereocenters. The summed E-state index contributed by atoms with van der Waals surface area (Å²) in [5, 5.41) is 0. The maximum Gasteiger partial charge on any atom is 0.209 e. The topological polar surface area (TPSA) is 66.9 Å². The van der Waals surface area contributed by atoms with Crippen LogP contribution in [-0.4, -0.2) is 29.8 Å². The smallest absolute Gasteiger partial charge is 0.209 e. The molecule has 0 saturated carbocycles. The number of hydrogen-bond acceptors (Lipinski definition) is 3. The predicted molar refractivity (Wildman–Crippen MR) is 75.8 cm³/mol. The molecule has 1 heterocycles. The fourth-order valence-electron chi connectivity index (χ4n) is 1.98. The highest BCUT2D eigenvalue weighted by Gasteiger charge is 2.24. The molecule has 5 nitrogen and oxygen atoms in total. The highest BCUT2D eigenvalue weighted by molar-refractivity contribution is 7.88. The summed E-state index contributed by atoms with van der Waals surface area (Å²) in [7, 11) is -3.24. The number of rotatable bonds is 5. The average molecular weight is 291 g/mol. The monoisotopic (exact) mass is 291 g/mol. The van der Waals surface area contributed by atoms with Crippen LogP contribution in [0.5, 0.6) is 0 Å². The summed E-state index contributed by atoms with van der Waals surface area (Å²) in [5.74, 6) is 0.326. The second kappa shape index (κ2) is 5.14. The van der Waals surface area contributed by atoms with Crippen molar-refractivity contribution in [3.8, 4) is 0 Å². The van der Waals surface area contributed by atoms with E-state index in [0.717, 1.165) is 11.9 Å². The van der Waals surface area contributed by atoms with Gasteiger partial charge >= 0.3 is 0 Å². The molecule has 0 aliphatic carbocycles. The zero-order valence-corrected chi connectivity index (χ0v) is 13.1. The lowest BCUT2D eigenvalue weighted by Gasteiger charge is -2.27. The van der Waals surface area contributed by atoms with Crippen molar-refractivity contribution < 1.29 is 8.42 Å². The SMILES string of the molecule is CC(C)c1c[nH]c(=S)n1CC(C)(C)NS(C)(=O)=O. The van der Waals surface area contributed by atoms with Crippen LogP contribution >= 0.6 is 12.2 Å². The van der Waals surface area contributed by atoms with Crippen LogP contribution in [0.4, 0.5) is 0 Å². The number of imidazole rings is 1. The van der Waals surface area contributed by atoms with Crippen molar-refractivity contribution in [2.75, 3.05) is 6.26 Å². The van der Waals surface area contributed by atoms with Crippen molar-refractivity contribution >= 4 is 22.2 Å². The maximum absolute atomic E-state index is 11.3. The number of H-pyrrole nitrogens is 1. The van der Waals surface area contributed by atoms with Crippen molar-refractivity contribution in [2.45, 2.75) is 45.7 Å². The molecular weight excluding hydrogens is 270 g/mol. The van der Waals surface area contributed by atoms with Crippen LogP contribution in [0, 0.1) is 4.77 Å². The van der Waals surface area contributed by atoms with Crippen molar-refractivity contribution in [1.82, 2.24) is 14.3 Å². The van der Waals surface area contributed by atoms with Crippen LogP contribution in [0.1, 0.15) is 39.3 Å². The summed E-state index contributed by atoms with van der Waals surface area (Å²) in [6.45, 7) is 8.33. The highest BCUT2D eigenvalue weighted by atomic mass is 32.2. The summed E-state index contributed by atoms with van der Waals surface area (Å²) in [5.41, 5.74) is 0.487. The number of sulfonamides is 1. The van der Waals surface area contributed by atoms with Gasteiger partial charge in [-0.1, -0.05) is 13.8 Å². The molecule has 7 heteroatoms. The Labute approximate surface area is 114 Å². The van der Waals surface area contributed by atoms with Crippen molar-refractivity contribution in [1.29, 1.82) is 0 Å². The van der Waals surface area contributed by atoms with Gasteiger partial charge in [-0.3, -0.25) is 0 Å². The van der Waals surface area contributed by atoms with Gasteiger partial charge in [0.15, 0.2) is 4.77 Å². The average Bonchev–Trinajstić information content (AvgIpc) is 2.42. The van der Waals surface area contributed by atoms with Gasteiger partial charge in [-0.05, 0) is 32.0 Å². The Morgan fingerprint density at radius 3 is 2.50 bits per heavy atom. The van der Waals surface area contributed by atoms with E-state index in [2.05, 4.69) is 23.6 Å². The number of nitrogens with zero attached hydrogens (tertiary/aromatic N) is 1. The Morgan fingerprint density at radius 2 is 2.06 bits per heavy atom. The van der Waals surface area contributed by atoms with E-state index in [1.54, 1.807) is 0 Å². The van der Waals surface area contributed by atoms with E-state index < -0.39 is 15.6 Å². The third-order valence-electron chi connectivity index (χ3n) is 2.51. The van der Waals surface area contributed by atoms with Crippen molar-refractivity contribution in [3.63, 3.8) is 0 Å². The molecule has 0 amide bonds. The molecule has 1 aromatic heterocycles. The van der Waals surface area contributed by atoms with Crippen LogP contribution in [0.15, 0.2) is 6.20 Å². The Balaban J connectivity index is 3.04. The van der Waals surface area contributed by atoms with E-state index in [9.17, 15) is 8.42 Å². The molecule has 0 aliphatic heterocycles. The van der Waals surface area contributed by atoms with Crippen LogP contribution < -0.4 is 4.72 Å². The van der Waals surface area contributed by atoms with E-state index in [0.29, 0.717) is 17.2 Å². The van der Waals surface area contributed by atoms with Gasteiger partial charge in [0, 0.05) is 24.0 Å². The number of aromatic nitrogens is 2. The molecule has 0 bridgehead atoms. The highest BCUT2D eigenvalue weighted by Crippen LogP contribution is 2.18. The largest absolute Gasteiger partial charge is 0.337 e. The van der Waals surface area contributed by atoms with Gasteiger partial charge in [-0.15, -0.1) is 0 Å². The summed E-state index contributed by atoms with van der Waals surface area (Å²) >= 11 is 5.23. The number of nitrogens with one attached hydrogen (secondary N) is 2. The van der Waals surface area contributed by atoms with E-state index in [1.807, 2.05) is 24.6 Å². The van der Waals surface area contributed by atoms with E-state index >= 15 is 0 Å². The minimum absolute atomic E-state index is 0.326. The van der Waals surface area contributed by atoms with Crippen molar-refractivity contribution in [2.24, 2.45) is 0 Å². The Hall–Kier alpha value is -0.660. The molecule has 1 rings (SSSR count). The van der Waals surface area contributed by atoms with E-state index in [-0.39, 0.29) is 0 Å². The van der Waals surface area contributed by atoms with Crippen LogP contribution in [0.2, 0.25) is 0 Å². The fraction of sp³-hybridized carbons (Fsp3) is 0.727. The second-order valence-corrected chi connectivity index (χ2v) is 7.65. The molecule has 0 fully saturated rings. The third-order valence-corrected chi connectivity index (χ3v) is 3.77. The molecule has 0 radical (unpaired) electrons. The van der Waals surface area contributed by atoms with Gasteiger partial charge in [0.2, 0.25) is 10.0 Å². The summed E-state index contributed by atoms with van der Waals surface area (Å²) in [6.07, 6.45) is 3.04. The lowest BCUT2D eigenvalue weighted by Crippen LogP contribution is -2.46. The molecule has 0 spiro atoms. The quantitative estimate of drug-likeness (QED) is 0.815. The van der Waals surface area contributed by atoms with E-state index in [1.165, 1.54) is 0 Å². The van der Waals surface area contributed by atoms with Crippen LogP contribution in [0.25, 0.3) is 0 Å². The third kappa shape index (κ3) is 4.22. The van der Waals surface area contributed by atoms with Crippen molar-refractivity contribution in [3.05, 3.63) is 16.7 Å². The molecule has 0 aromatic carbocycles. The van der Waals surface area contributed by atoms with Gasteiger partial charge < -0.3 is 9.55 Å².